The van der Waals surface area contributed by atoms with Crippen LogP contribution in [0.15, 0.2) is 24.3 Å². The molecule has 1 amide bonds. The van der Waals surface area contributed by atoms with Gasteiger partial charge in [0, 0.05) is 0 Å². The molecule has 4 N–H and O–H groups in total. The zero-order valence-electron chi connectivity index (χ0n) is 10.1. The summed E-state index contributed by atoms with van der Waals surface area (Å²) in [4.78, 5) is 16.3. The van der Waals surface area contributed by atoms with Gasteiger partial charge in [0.05, 0.1) is 21.6 Å². The number of hydrogen-bond acceptors (Lipinski definition) is 5. The minimum atomic E-state index is -0.360. The van der Waals surface area contributed by atoms with Crippen molar-refractivity contribution in [2.45, 2.75) is 6.92 Å². The Kier molecular flexibility index (Phi) is 2.68. The smallest absolute Gasteiger partial charge is 0.280 e. The molecular weight excluding hydrogens is 262 g/mol. The first-order valence-electron chi connectivity index (χ1n) is 5.62. The van der Waals surface area contributed by atoms with E-state index < -0.39 is 0 Å². The maximum Gasteiger partial charge on any atom is 0.280 e. The first-order valence-corrected chi connectivity index (χ1v) is 6.44. The fourth-order valence-electron chi connectivity index (χ4n) is 1.69. The summed E-state index contributed by atoms with van der Waals surface area (Å²) in [6.45, 7) is 1.76. The molecule has 0 aliphatic heterocycles. The lowest BCUT2D eigenvalue weighted by molar-refractivity contribution is 0.102. The highest BCUT2D eigenvalue weighted by atomic mass is 32.1. The Bertz CT molecular complexity index is 727. The fraction of sp³-hybridized carbons (Fsp3) is 0.0833. The Balaban J connectivity index is 1.88. The average Bonchev–Trinajstić information content (AvgIpc) is 2.93. The molecular formula is C12H11N5OS. The quantitative estimate of drug-likeness (QED) is 0.666. The summed E-state index contributed by atoms with van der Waals surface area (Å²) in [5.74, 6) is -0.360. The molecule has 6 nitrogen and oxygen atoms in total. The molecule has 3 aromatic rings. The Morgan fingerprint density at radius 3 is 2.89 bits per heavy atom. The van der Waals surface area contributed by atoms with Crippen molar-refractivity contribution >= 4 is 38.3 Å². The second kappa shape index (κ2) is 4.36. The third-order valence-corrected chi connectivity index (χ3v) is 3.68. The second-order valence-corrected chi connectivity index (χ2v) is 5.08. The molecule has 0 bridgehead atoms. The molecule has 0 atom stereocenters. The van der Waals surface area contributed by atoms with E-state index >= 15 is 0 Å². The molecule has 2 heterocycles. The molecule has 3 rings (SSSR count). The van der Waals surface area contributed by atoms with Crippen LogP contribution in [0.4, 0.5) is 10.8 Å². The van der Waals surface area contributed by atoms with Crippen molar-refractivity contribution in [3.8, 4) is 0 Å². The summed E-state index contributed by atoms with van der Waals surface area (Å²) in [6, 6.07) is 7.69. The van der Waals surface area contributed by atoms with Gasteiger partial charge in [0.15, 0.2) is 10.8 Å². The molecule has 0 aliphatic carbocycles. The molecule has 19 heavy (non-hydrogen) atoms. The monoisotopic (exact) mass is 273 g/mol. The molecule has 96 valence electrons. The van der Waals surface area contributed by atoms with Crippen molar-refractivity contribution in [2.75, 3.05) is 11.1 Å². The number of nitrogens with one attached hydrogen (secondary N) is 2. The van der Waals surface area contributed by atoms with Gasteiger partial charge in [-0.25, -0.2) is 4.98 Å². The van der Waals surface area contributed by atoms with E-state index in [1.807, 2.05) is 24.3 Å². The average molecular weight is 273 g/mol. The highest BCUT2D eigenvalue weighted by molar-refractivity contribution is 7.22. The van der Waals surface area contributed by atoms with E-state index in [4.69, 9.17) is 5.73 Å². The number of nitrogens with zero attached hydrogens (tertiary/aromatic N) is 2. The van der Waals surface area contributed by atoms with Crippen molar-refractivity contribution in [3.05, 3.63) is 35.7 Å². The lowest BCUT2D eigenvalue weighted by Gasteiger charge is -1.98. The Labute approximate surface area is 112 Å². The number of thiazole rings is 1. The highest BCUT2D eigenvalue weighted by Gasteiger charge is 2.16. The zero-order chi connectivity index (χ0) is 13.4. The van der Waals surface area contributed by atoms with E-state index in [-0.39, 0.29) is 11.6 Å². The maximum absolute atomic E-state index is 12.0. The molecule has 0 aliphatic rings. The van der Waals surface area contributed by atoms with Crippen LogP contribution in [-0.2, 0) is 0 Å². The van der Waals surface area contributed by atoms with E-state index in [1.54, 1.807) is 6.92 Å². The fourth-order valence-corrected chi connectivity index (χ4v) is 2.55. The molecule has 7 heteroatoms. The zero-order valence-corrected chi connectivity index (χ0v) is 10.9. The first-order chi connectivity index (χ1) is 9.15. The number of aromatic nitrogens is 3. The lowest BCUT2D eigenvalue weighted by Crippen LogP contribution is -2.14. The molecule has 0 saturated carbocycles. The van der Waals surface area contributed by atoms with Gasteiger partial charge in [-0.15, -0.1) is 0 Å². The molecule has 0 spiro atoms. The summed E-state index contributed by atoms with van der Waals surface area (Å²) in [7, 11) is 0. The minimum Gasteiger partial charge on any atom is -0.395 e. The van der Waals surface area contributed by atoms with Crippen molar-refractivity contribution in [1.82, 2.24) is 15.2 Å². The van der Waals surface area contributed by atoms with E-state index in [2.05, 4.69) is 20.5 Å². The van der Waals surface area contributed by atoms with Crippen LogP contribution >= 0.6 is 11.3 Å². The van der Waals surface area contributed by atoms with Gasteiger partial charge < -0.3 is 5.73 Å². The van der Waals surface area contributed by atoms with Gasteiger partial charge in [-0.1, -0.05) is 23.5 Å². The van der Waals surface area contributed by atoms with Crippen LogP contribution < -0.4 is 11.1 Å². The summed E-state index contributed by atoms with van der Waals surface area (Å²) < 4.78 is 1.02. The van der Waals surface area contributed by atoms with Gasteiger partial charge in [0.2, 0.25) is 0 Å². The van der Waals surface area contributed by atoms with Crippen molar-refractivity contribution < 1.29 is 4.79 Å². The number of rotatable bonds is 2. The van der Waals surface area contributed by atoms with Gasteiger partial charge in [0.25, 0.3) is 5.91 Å². The SMILES string of the molecule is Cc1[nH]nc(C(=O)Nc2nc3ccccc3s2)c1N. The van der Waals surface area contributed by atoms with Crippen LogP contribution in [0, 0.1) is 6.92 Å². The van der Waals surface area contributed by atoms with E-state index in [0.717, 1.165) is 10.2 Å². The number of amides is 1. The third kappa shape index (κ3) is 2.04. The van der Waals surface area contributed by atoms with Crippen LogP contribution in [0.3, 0.4) is 0 Å². The summed E-state index contributed by atoms with van der Waals surface area (Å²) in [5, 5.41) is 9.80. The van der Waals surface area contributed by atoms with Gasteiger partial charge >= 0.3 is 0 Å². The lowest BCUT2D eigenvalue weighted by atomic mass is 10.3. The van der Waals surface area contributed by atoms with E-state index in [9.17, 15) is 4.79 Å². The van der Waals surface area contributed by atoms with Crippen molar-refractivity contribution in [3.63, 3.8) is 0 Å². The number of anilines is 2. The number of carbonyl (C=O) groups excluding carboxylic acids is 1. The van der Waals surface area contributed by atoms with Crippen molar-refractivity contribution in [2.24, 2.45) is 0 Å². The summed E-state index contributed by atoms with van der Waals surface area (Å²) >= 11 is 1.41. The molecule has 0 radical (unpaired) electrons. The Morgan fingerprint density at radius 2 is 2.21 bits per heavy atom. The van der Waals surface area contributed by atoms with Crippen LogP contribution in [0.5, 0.6) is 0 Å². The van der Waals surface area contributed by atoms with Crippen LogP contribution in [0.25, 0.3) is 10.2 Å². The van der Waals surface area contributed by atoms with Crippen LogP contribution in [0.2, 0.25) is 0 Å². The van der Waals surface area contributed by atoms with E-state index in [1.165, 1.54) is 11.3 Å². The number of H-pyrrole nitrogens is 1. The number of fused-ring (bicyclic) bond motifs is 1. The second-order valence-electron chi connectivity index (χ2n) is 4.05. The third-order valence-electron chi connectivity index (χ3n) is 2.72. The Morgan fingerprint density at radius 1 is 1.42 bits per heavy atom. The number of carbonyl (C=O) groups is 1. The molecule has 0 fully saturated rings. The Hall–Kier alpha value is -2.41. The van der Waals surface area contributed by atoms with Crippen LogP contribution in [-0.4, -0.2) is 21.1 Å². The molecule has 2 aromatic heterocycles. The summed E-state index contributed by atoms with van der Waals surface area (Å²) in [6.07, 6.45) is 0. The highest BCUT2D eigenvalue weighted by Crippen LogP contribution is 2.26. The molecule has 0 unspecified atom stereocenters. The van der Waals surface area contributed by atoms with Gasteiger partial charge in [0.1, 0.15) is 0 Å². The number of benzene rings is 1. The normalized spacial score (nSPS) is 10.8. The number of nitrogen functional groups attached to an aromatic ring is 1. The largest absolute Gasteiger partial charge is 0.395 e. The number of aryl methyl sites for hydroxylation is 1. The standard InChI is InChI=1S/C12H11N5OS/c1-6-9(13)10(17-16-6)11(18)15-12-14-7-4-2-3-5-8(7)19-12/h2-5H,13H2,1H3,(H,16,17)(H,14,15,18). The number of nitrogens with two attached hydrogens (primary N) is 1. The number of para-hydroxylation sites is 1. The van der Waals surface area contributed by atoms with Crippen molar-refractivity contribution in [1.29, 1.82) is 0 Å². The molecule has 0 saturated heterocycles. The van der Waals surface area contributed by atoms with Crippen LogP contribution in [0.1, 0.15) is 16.2 Å². The predicted molar refractivity (Wildman–Crippen MR) is 75.3 cm³/mol. The minimum absolute atomic E-state index is 0.191. The summed E-state index contributed by atoms with van der Waals surface area (Å²) in [5.41, 5.74) is 7.84. The van der Waals surface area contributed by atoms with E-state index in [0.29, 0.717) is 16.5 Å². The maximum atomic E-state index is 12.0. The number of hydrogen-bond donors (Lipinski definition) is 3. The van der Waals surface area contributed by atoms with Gasteiger partial charge in [-0.05, 0) is 19.1 Å². The topological polar surface area (TPSA) is 96.7 Å². The molecule has 1 aromatic carbocycles. The predicted octanol–water partition coefficient (Wildman–Crippen LogP) is 2.16. The number of aromatic amines is 1. The van der Waals surface area contributed by atoms with Gasteiger partial charge in [-0.2, -0.15) is 5.10 Å². The van der Waals surface area contributed by atoms with Gasteiger partial charge in [-0.3, -0.25) is 15.2 Å². The first kappa shape index (κ1) is 11.7.